The van der Waals surface area contributed by atoms with Gasteiger partial charge in [-0.1, -0.05) is 6.92 Å². The minimum atomic E-state index is 0.0653. The molecule has 2 N–H and O–H groups in total. The lowest BCUT2D eigenvalue weighted by molar-refractivity contribution is -0.117. The minimum absolute atomic E-state index is 0.0653. The van der Waals surface area contributed by atoms with Crippen LogP contribution in [0.15, 0.2) is 18.3 Å². The van der Waals surface area contributed by atoms with Gasteiger partial charge in [0.25, 0.3) is 0 Å². The summed E-state index contributed by atoms with van der Waals surface area (Å²) in [5.74, 6) is 0.852. The minimum Gasteiger partial charge on any atom is -0.325 e. The first-order valence-electron chi connectivity index (χ1n) is 7.58. The number of hydrogen-bond donors (Lipinski definition) is 2. The summed E-state index contributed by atoms with van der Waals surface area (Å²) in [6, 6.07) is 3.99. The SMILES string of the molecule is Cc1cc2[nH]ncc2cc1NC(=O)CN1CCC(C)CC1. The van der Waals surface area contributed by atoms with Crippen LogP contribution in [0.5, 0.6) is 0 Å². The molecule has 1 fully saturated rings. The van der Waals surface area contributed by atoms with Gasteiger partial charge in [-0.05, 0) is 56.5 Å². The lowest BCUT2D eigenvalue weighted by atomic mass is 9.99. The normalized spacial score (nSPS) is 17.2. The second-order valence-electron chi connectivity index (χ2n) is 6.13. The molecule has 0 unspecified atom stereocenters. The zero-order chi connectivity index (χ0) is 14.8. The highest BCUT2D eigenvalue weighted by Gasteiger charge is 2.18. The van der Waals surface area contributed by atoms with E-state index in [-0.39, 0.29) is 5.91 Å². The van der Waals surface area contributed by atoms with Gasteiger partial charge < -0.3 is 5.32 Å². The number of aromatic amines is 1. The van der Waals surface area contributed by atoms with E-state index in [0.29, 0.717) is 6.54 Å². The van der Waals surface area contributed by atoms with E-state index in [9.17, 15) is 4.79 Å². The van der Waals surface area contributed by atoms with E-state index in [0.717, 1.165) is 41.2 Å². The summed E-state index contributed by atoms with van der Waals surface area (Å²) in [5.41, 5.74) is 2.92. The largest absolute Gasteiger partial charge is 0.325 e. The number of nitrogens with zero attached hydrogens (tertiary/aromatic N) is 2. The van der Waals surface area contributed by atoms with Crippen molar-refractivity contribution in [2.45, 2.75) is 26.7 Å². The highest BCUT2D eigenvalue weighted by Crippen LogP contribution is 2.22. The van der Waals surface area contributed by atoms with Gasteiger partial charge in [0.05, 0.1) is 18.3 Å². The molecule has 1 aliphatic rings. The number of nitrogens with one attached hydrogen (secondary N) is 2. The van der Waals surface area contributed by atoms with Gasteiger partial charge in [-0.3, -0.25) is 14.8 Å². The molecule has 5 nitrogen and oxygen atoms in total. The number of fused-ring (bicyclic) bond motifs is 1. The highest BCUT2D eigenvalue weighted by molar-refractivity contribution is 5.95. The number of amides is 1. The first-order valence-corrected chi connectivity index (χ1v) is 7.58. The van der Waals surface area contributed by atoms with Gasteiger partial charge in [-0.25, -0.2) is 0 Å². The Kier molecular flexibility index (Phi) is 3.92. The molecule has 1 aromatic heterocycles. The number of aryl methyl sites for hydroxylation is 1. The van der Waals surface area contributed by atoms with Gasteiger partial charge in [0, 0.05) is 11.1 Å². The van der Waals surface area contributed by atoms with Crippen LogP contribution in [0.3, 0.4) is 0 Å². The zero-order valence-electron chi connectivity index (χ0n) is 12.6. The predicted molar refractivity (Wildman–Crippen MR) is 84.3 cm³/mol. The number of benzene rings is 1. The molecular weight excluding hydrogens is 264 g/mol. The van der Waals surface area contributed by atoms with E-state index >= 15 is 0 Å². The molecule has 0 bridgehead atoms. The number of hydrogen-bond acceptors (Lipinski definition) is 3. The summed E-state index contributed by atoms with van der Waals surface area (Å²) in [7, 11) is 0. The van der Waals surface area contributed by atoms with E-state index in [2.05, 4.69) is 27.3 Å². The van der Waals surface area contributed by atoms with Crippen molar-refractivity contribution >= 4 is 22.5 Å². The third-order valence-corrected chi connectivity index (χ3v) is 4.30. The van der Waals surface area contributed by atoms with Crippen LogP contribution in [0.25, 0.3) is 10.9 Å². The van der Waals surface area contributed by atoms with Crippen LogP contribution in [0.1, 0.15) is 25.3 Å². The smallest absolute Gasteiger partial charge is 0.238 e. The fourth-order valence-electron chi connectivity index (χ4n) is 2.85. The van der Waals surface area contributed by atoms with Gasteiger partial charge in [-0.15, -0.1) is 0 Å². The molecule has 0 spiro atoms. The number of aromatic nitrogens is 2. The molecule has 0 radical (unpaired) electrons. The van der Waals surface area contributed by atoms with E-state index in [1.807, 2.05) is 19.1 Å². The van der Waals surface area contributed by atoms with Crippen LogP contribution in [-0.4, -0.2) is 40.6 Å². The first-order chi connectivity index (χ1) is 10.1. The van der Waals surface area contributed by atoms with Crippen molar-refractivity contribution in [2.24, 2.45) is 5.92 Å². The maximum Gasteiger partial charge on any atom is 0.238 e. The maximum atomic E-state index is 12.2. The summed E-state index contributed by atoms with van der Waals surface area (Å²) >= 11 is 0. The number of H-pyrrole nitrogens is 1. The Hall–Kier alpha value is -1.88. The van der Waals surface area contributed by atoms with Crippen molar-refractivity contribution in [1.82, 2.24) is 15.1 Å². The lowest BCUT2D eigenvalue weighted by Crippen LogP contribution is -2.38. The average molecular weight is 286 g/mol. The van der Waals surface area contributed by atoms with E-state index in [1.165, 1.54) is 12.8 Å². The molecule has 1 aromatic carbocycles. The molecule has 2 heterocycles. The van der Waals surface area contributed by atoms with Crippen LogP contribution in [0.2, 0.25) is 0 Å². The van der Waals surface area contributed by atoms with Crippen LogP contribution in [-0.2, 0) is 4.79 Å². The fraction of sp³-hybridized carbons (Fsp3) is 0.500. The molecule has 1 amide bonds. The topological polar surface area (TPSA) is 61.0 Å². The fourth-order valence-corrected chi connectivity index (χ4v) is 2.85. The Morgan fingerprint density at radius 1 is 1.43 bits per heavy atom. The molecule has 3 rings (SSSR count). The molecule has 112 valence electrons. The van der Waals surface area contributed by atoms with E-state index in [4.69, 9.17) is 0 Å². The van der Waals surface area contributed by atoms with Gasteiger partial charge in [0.15, 0.2) is 0 Å². The number of carbonyl (C=O) groups is 1. The summed E-state index contributed by atoms with van der Waals surface area (Å²) in [4.78, 5) is 14.4. The molecule has 5 heteroatoms. The van der Waals surface area contributed by atoms with Crippen LogP contribution >= 0.6 is 0 Å². The Labute approximate surface area is 124 Å². The van der Waals surface area contributed by atoms with Crippen molar-refractivity contribution in [3.8, 4) is 0 Å². The summed E-state index contributed by atoms with van der Waals surface area (Å²) in [6.45, 7) is 6.80. The number of piperidine rings is 1. The Bertz CT molecular complexity index is 641. The third-order valence-electron chi connectivity index (χ3n) is 4.30. The highest BCUT2D eigenvalue weighted by atomic mass is 16.2. The van der Waals surface area contributed by atoms with Gasteiger partial charge in [0.1, 0.15) is 0 Å². The second kappa shape index (κ2) is 5.85. The zero-order valence-corrected chi connectivity index (χ0v) is 12.6. The van der Waals surface area contributed by atoms with E-state index in [1.54, 1.807) is 6.20 Å². The van der Waals surface area contributed by atoms with Crippen molar-refractivity contribution in [1.29, 1.82) is 0 Å². The van der Waals surface area contributed by atoms with Crippen molar-refractivity contribution in [3.63, 3.8) is 0 Å². The van der Waals surface area contributed by atoms with Crippen molar-refractivity contribution in [2.75, 3.05) is 25.0 Å². The van der Waals surface area contributed by atoms with Gasteiger partial charge >= 0.3 is 0 Å². The molecule has 0 aliphatic carbocycles. The molecule has 21 heavy (non-hydrogen) atoms. The quantitative estimate of drug-likeness (QED) is 0.911. The van der Waals surface area contributed by atoms with Gasteiger partial charge in [0.2, 0.25) is 5.91 Å². The number of likely N-dealkylation sites (tertiary alicyclic amines) is 1. The standard InChI is InChI=1S/C16H22N4O/c1-11-3-5-20(6-4-11)10-16(21)18-14-8-13-9-17-19-15(13)7-12(14)2/h7-9,11H,3-6,10H2,1-2H3,(H,17,19)(H,18,21). The molecule has 0 atom stereocenters. The number of anilines is 1. The van der Waals surface area contributed by atoms with Crippen LogP contribution in [0, 0.1) is 12.8 Å². The summed E-state index contributed by atoms with van der Waals surface area (Å²) in [6.07, 6.45) is 4.15. The van der Waals surface area contributed by atoms with E-state index < -0.39 is 0 Å². The monoisotopic (exact) mass is 286 g/mol. The Morgan fingerprint density at radius 2 is 2.19 bits per heavy atom. The van der Waals surface area contributed by atoms with Crippen LogP contribution < -0.4 is 5.32 Å². The predicted octanol–water partition coefficient (Wildman–Crippen LogP) is 2.54. The molecular formula is C16H22N4O. The van der Waals surface area contributed by atoms with Crippen molar-refractivity contribution < 1.29 is 4.79 Å². The third kappa shape index (κ3) is 3.24. The van der Waals surface area contributed by atoms with Crippen molar-refractivity contribution in [3.05, 3.63) is 23.9 Å². The first kappa shape index (κ1) is 14.1. The average Bonchev–Trinajstić information content (AvgIpc) is 2.89. The lowest BCUT2D eigenvalue weighted by Gasteiger charge is -2.29. The second-order valence-corrected chi connectivity index (χ2v) is 6.13. The number of rotatable bonds is 3. The summed E-state index contributed by atoms with van der Waals surface area (Å²) in [5, 5.41) is 11.0. The van der Waals surface area contributed by atoms with Gasteiger partial charge in [-0.2, -0.15) is 5.10 Å². The maximum absolute atomic E-state index is 12.2. The molecule has 0 saturated carbocycles. The molecule has 1 aliphatic heterocycles. The summed E-state index contributed by atoms with van der Waals surface area (Å²) < 4.78 is 0. The Morgan fingerprint density at radius 3 is 2.95 bits per heavy atom. The Balaban J connectivity index is 1.64. The molecule has 1 saturated heterocycles. The molecule has 2 aromatic rings. The van der Waals surface area contributed by atoms with Crippen LogP contribution in [0.4, 0.5) is 5.69 Å². The number of carbonyl (C=O) groups excluding carboxylic acids is 1.